The number of carboxylic acid groups (broad SMARTS) is 1. The van der Waals surface area contributed by atoms with Crippen LogP contribution >= 0.6 is 0 Å². The van der Waals surface area contributed by atoms with Crippen LogP contribution in [0, 0.1) is 0 Å². The molecule has 4 nitrogen and oxygen atoms in total. The number of hydrogen-bond donors (Lipinski definition) is 3. The summed E-state index contributed by atoms with van der Waals surface area (Å²) < 4.78 is 0. The quantitative estimate of drug-likeness (QED) is 0.635. The summed E-state index contributed by atoms with van der Waals surface area (Å²) in [5.74, 6) is 0.261. The van der Waals surface area contributed by atoms with Crippen LogP contribution in [0.2, 0.25) is 0 Å². The number of amides is 1. The Balaban J connectivity index is 2.30. The second-order valence-electron chi connectivity index (χ2n) is 3.39. The summed E-state index contributed by atoms with van der Waals surface area (Å²) in [5, 5.41) is 20.5. The lowest BCUT2D eigenvalue weighted by Crippen LogP contribution is -2.24. The summed E-state index contributed by atoms with van der Waals surface area (Å²) in [6.45, 7) is 0. The molecule has 1 atom stereocenters. The normalized spacial score (nSPS) is 19.0. The first kappa shape index (κ1) is 8.87. The summed E-state index contributed by atoms with van der Waals surface area (Å²) in [4.78, 5) is 10.5. The van der Waals surface area contributed by atoms with E-state index in [1.54, 1.807) is 12.1 Å². The minimum absolute atomic E-state index is 0.172. The molecule has 4 heteroatoms. The van der Waals surface area contributed by atoms with E-state index in [9.17, 15) is 9.90 Å². The molecule has 2 rings (SSSR count). The average Bonchev–Trinajstić information content (AvgIpc) is 2.49. The molecule has 0 fully saturated rings. The van der Waals surface area contributed by atoms with E-state index in [2.05, 4.69) is 5.32 Å². The molecule has 14 heavy (non-hydrogen) atoms. The highest BCUT2D eigenvalue weighted by atomic mass is 16.4. The summed E-state index contributed by atoms with van der Waals surface area (Å²) >= 11 is 0. The van der Waals surface area contributed by atoms with Crippen LogP contribution in [-0.4, -0.2) is 16.3 Å². The van der Waals surface area contributed by atoms with Gasteiger partial charge in [0.15, 0.2) is 0 Å². The molecule has 1 aliphatic carbocycles. The van der Waals surface area contributed by atoms with Crippen molar-refractivity contribution in [1.29, 1.82) is 0 Å². The average molecular weight is 193 g/mol. The highest BCUT2D eigenvalue weighted by molar-refractivity contribution is 5.66. The maximum Gasteiger partial charge on any atom is 0.405 e. The van der Waals surface area contributed by atoms with Gasteiger partial charge in [0.1, 0.15) is 5.75 Å². The Kier molecular flexibility index (Phi) is 2.04. The number of benzene rings is 1. The molecule has 1 aromatic carbocycles. The molecule has 1 amide bonds. The fourth-order valence-electron chi connectivity index (χ4n) is 1.93. The van der Waals surface area contributed by atoms with Crippen molar-refractivity contribution in [2.45, 2.75) is 18.9 Å². The Morgan fingerprint density at radius 1 is 1.50 bits per heavy atom. The Labute approximate surface area is 81.2 Å². The summed E-state index contributed by atoms with van der Waals surface area (Å²) in [7, 11) is 0. The molecule has 0 radical (unpaired) electrons. The van der Waals surface area contributed by atoms with Crippen molar-refractivity contribution < 1.29 is 15.0 Å². The highest BCUT2D eigenvalue weighted by Gasteiger charge is 2.25. The Hall–Kier alpha value is -1.71. The molecular formula is C10H11NO3. The van der Waals surface area contributed by atoms with E-state index in [4.69, 9.17) is 5.11 Å². The van der Waals surface area contributed by atoms with Gasteiger partial charge in [-0.05, 0) is 30.0 Å². The first-order valence-corrected chi connectivity index (χ1v) is 4.48. The first-order valence-electron chi connectivity index (χ1n) is 4.48. The van der Waals surface area contributed by atoms with Gasteiger partial charge in [-0.3, -0.25) is 0 Å². The molecule has 1 unspecified atom stereocenters. The topological polar surface area (TPSA) is 69.6 Å². The number of aromatic hydroxyl groups is 1. The van der Waals surface area contributed by atoms with E-state index in [0.29, 0.717) is 0 Å². The predicted molar refractivity (Wildman–Crippen MR) is 50.3 cm³/mol. The van der Waals surface area contributed by atoms with Crippen LogP contribution < -0.4 is 5.32 Å². The van der Waals surface area contributed by atoms with E-state index in [0.717, 1.165) is 24.0 Å². The summed E-state index contributed by atoms with van der Waals surface area (Å²) in [6, 6.07) is 5.04. The molecule has 0 saturated carbocycles. The van der Waals surface area contributed by atoms with Crippen LogP contribution in [0.25, 0.3) is 0 Å². The number of nitrogens with one attached hydrogen (secondary N) is 1. The Bertz CT molecular complexity index is 376. The van der Waals surface area contributed by atoms with Gasteiger partial charge in [-0.15, -0.1) is 0 Å². The van der Waals surface area contributed by atoms with Crippen LogP contribution in [0.4, 0.5) is 4.79 Å². The zero-order chi connectivity index (χ0) is 10.1. The second-order valence-corrected chi connectivity index (χ2v) is 3.39. The van der Waals surface area contributed by atoms with E-state index < -0.39 is 6.09 Å². The van der Waals surface area contributed by atoms with Gasteiger partial charge in [0, 0.05) is 0 Å². The van der Waals surface area contributed by atoms with E-state index in [-0.39, 0.29) is 11.8 Å². The lowest BCUT2D eigenvalue weighted by atomic mass is 10.1. The van der Waals surface area contributed by atoms with Crippen LogP contribution in [0.15, 0.2) is 18.2 Å². The van der Waals surface area contributed by atoms with E-state index in [1.807, 2.05) is 6.07 Å². The third-order valence-corrected chi connectivity index (χ3v) is 2.54. The monoisotopic (exact) mass is 193 g/mol. The lowest BCUT2D eigenvalue weighted by molar-refractivity contribution is 0.190. The maximum atomic E-state index is 10.5. The van der Waals surface area contributed by atoms with Gasteiger partial charge < -0.3 is 15.5 Å². The molecule has 74 valence electrons. The van der Waals surface area contributed by atoms with Crippen molar-refractivity contribution in [2.24, 2.45) is 0 Å². The standard InChI is InChI=1S/C10H11NO3/c12-9-3-1-2-6-7(9)4-5-8(6)11-10(13)14/h1-3,8,11-12H,4-5H2,(H,13,14). The molecule has 0 bridgehead atoms. The zero-order valence-electron chi connectivity index (χ0n) is 7.53. The van der Waals surface area contributed by atoms with Gasteiger partial charge in [-0.1, -0.05) is 12.1 Å². The van der Waals surface area contributed by atoms with Crippen LogP contribution in [-0.2, 0) is 6.42 Å². The van der Waals surface area contributed by atoms with Gasteiger partial charge >= 0.3 is 6.09 Å². The van der Waals surface area contributed by atoms with Crippen LogP contribution in [0.3, 0.4) is 0 Å². The summed E-state index contributed by atoms with van der Waals surface area (Å²) in [5.41, 5.74) is 1.76. The predicted octanol–water partition coefficient (Wildman–Crippen LogP) is 1.65. The van der Waals surface area contributed by atoms with E-state index >= 15 is 0 Å². The minimum atomic E-state index is -1.02. The molecule has 0 aromatic heterocycles. The third-order valence-electron chi connectivity index (χ3n) is 2.54. The zero-order valence-corrected chi connectivity index (χ0v) is 7.53. The largest absolute Gasteiger partial charge is 0.508 e. The van der Waals surface area contributed by atoms with Crippen molar-refractivity contribution in [3.8, 4) is 5.75 Å². The molecule has 0 heterocycles. The molecule has 0 spiro atoms. The Morgan fingerprint density at radius 3 is 3.00 bits per heavy atom. The fraction of sp³-hybridized carbons (Fsp3) is 0.300. The van der Waals surface area contributed by atoms with Gasteiger partial charge in [0.25, 0.3) is 0 Å². The van der Waals surface area contributed by atoms with Crippen molar-refractivity contribution >= 4 is 6.09 Å². The van der Waals surface area contributed by atoms with Crippen LogP contribution in [0.5, 0.6) is 5.75 Å². The number of phenolic OH excluding ortho intramolecular Hbond substituents is 1. The van der Waals surface area contributed by atoms with E-state index in [1.165, 1.54) is 0 Å². The number of rotatable bonds is 1. The number of hydrogen-bond acceptors (Lipinski definition) is 2. The smallest absolute Gasteiger partial charge is 0.405 e. The lowest BCUT2D eigenvalue weighted by Gasteiger charge is -2.10. The summed E-state index contributed by atoms with van der Waals surface area (Å²) in [6.07, 6.45) is 0.429. The number of fused-ring (bicyclic) bond motifs is 1. The molecular weight excluding hydrogens is 182 g/mol. The van der Waals surface area contributed by atoms with Gasteiger partial charge in [-0.2, -0.15) is 0 Å². The SMILES string of the molecule is O=C(O)NC1CCc2c(O)cccc21. The van der Waals surface area contributed by atoms with Crippen molar-refractivity contribution in [2.75, 3.05) is 0 Å². The molecule has 0 aliphatic heterocycles. The third kappa shape index (κ3) is 1.39. The molecule has 1 aliphatic rings. The van der Waals surface area contributed by atoms with Crippen molar-refractivity contribution in [3.05, 3.63) is 29.3 Å². The van der Waals surface area contributed by atoms with Crippen LogP contribution in [0.1, 0.15) is 23.6 Å². The highest BCUT2D eigenvalue weighted by Crippen LogP contribution is 2.35. The second kappa shape index (κ2) is 3.21. The first-order chi connectivity index (χ1) is 6.68. The number of carbonyl (C=O) groups is 1. The number of phenols is 1. The maximum absolute atomic E-state index is 10.5. The van der Waals surface area contributed by atoms with Gasteiger partial charge in [0.2, 0.25) is 0 Å². The fourth-order valence-corrected chi connectivity index (χ4v) is 1.93. The van der Waals surface area contributed by atoms with Gasteiger partial charge in [0.05, 0.1) is 6.04 Å². The van der Waals surface area contributed by atoms with Crippen molar-refractivity contribution in [1.82, 2.24) is 5.32 Å². The van der Waals surface area contributed by atoms with Crippen molar-refractivity contribution in [3.63, 3.8) is 0 Å². The minimum Gasteiger partial charge on any atom is -0.508 e. The van der Waals surface area contributed by atoms with Gasteiger partial charge in [-0.25, -0.2) is 4.79 Å². The molecule has 3 N–H and O–H groups in total. The Morgan fingerprint density at radius 2 is 2.29 bits per heavy atom. The molecule has 1 aromatic rings. The molecule has 0 saturated heterocycles.